The largest absolute Gasteiger partial charge is 0.508 e. The van der Waals surface area contributed by atoms with E-state index in [1.54, 1.807) is 0 Å². The fourth-order valence-corrected chi connectivity index (χ4v) is 3.88. The van der Waals surface area contributed by atoms with Crippen LogP contribution >= 0.6 is 0 Å². The molecule has 2 aliphatic rings. The third kappa shape index (κ3) is 1.66. The zero-order chi connectivity index (χ0) is 11.9. The van der Waals surface area contributed by atoms with Gasteiger partial charge in [-0.25, -0.2) is 0 Å². The predicted octanol–water partition coefficient (Wildman–Crippen LogP) is 2.87. The molecule has 3 N–H and O–H groups in total. The zero-order valence-electron chi connectivity index (χ0n) is 10.3. The van der Waals surface area contributed by atoms with E-state index in [-0.39, 0.29) is 5.41 Å². The van der Waals surface area contributed by atoms with Gasteiger partial charge < -0.3 is 10.8 Å². The molecule has 2 nitrogen and oxygen atoms in total. The van der Waals surface area contributed by atoms with Gasteiger partial charge in [-0.3, -0.25) is 0 Å². The number of fused-ring (bicyclic) bond motifs is 2. The second kappa shape index (κ2) is 4.02. The normalized spacial score (nSPS) is 26.8. The Balaban J connectivity index is 2.09. The Morgan fingerprint density at radius 2 is 1.94 bits per heavy atom. The minimum Gasteiger partial charge on any atom is -0.508 e. The second-order valence-corrected chi connectivity index (χ2v) is 5.70. The first kappa shape index (κ1) is 11.1. The van der Waals surface area contributed by atoms with Gasteiger partial charge in [0.1, 0.15) is 5.75 Å². The monoisotopic (exact) mass is 231 g/mol. The summed E-state index contributed by atoms with van der Waals surface area (Å²) < 4.78 is 0. The SMILES string of the molecule is NC1CCc2cc(O)ccc2C12CCCCC2. The first-order chi connectivity index (χ1) is 8.22. The first-order valence-corrected chi connectivity index (χ1v) is 6.80. The Kier molecular flexibility index (Phi) is 2.62. The van der Waals surface area contributed by atoms with Crippen LogP contribution in [-0.2, 0) is 11.8 Å². The smallest absolute Gasteiger partial charge is 0.115 e. The average Bonchev–Trinajstić information content (AvgIpc) is 2.35. The summed E-state index contributed by atoms with van der Waals surface area (Å²) in [5.41, 5.74) is 9.39. The Hall–Kier alpha value is -1.02. The van der Waals surface area contributed by atoms with Gasteiger partial charge >= 0.3 is 0 Å². The van der Waals surface area contributed by atoms with E-state index in [4.69, 9.17) is 5.73 Å². The number of aromatic hydroxyl groups is 1. The van der Waals surface area contributed by atoms with E-state index in [1.807, 2.05) is 12.1 Å². The number of aryl methyl sites for hydroxylation is 1. The van der Waals surface area contributed by atoms with Crippen molar-refractivity contribution in [2.75, 3.05) is 0 Å². The van der Waals surface area contributed by atoms with Crippen molar-refractivity contribution < 1.29 is 5.11 Å². The van der Waals surface area contributed by atoms with Gasteiger partial charge in [-0.1, -0.05) is 25.3 Å². The van der Waals surface area contributed by atoms with Gasteiger partial charge in [0.05, 0.1) is 0 Å². The van der Waals surface area contributed by atoms with E-state index >= 15 is 0 Å². The lowest BCUT2D eigenvalue weighted by molar-refractivity contribution is 0.221. The maximum absolute atomic E-state index is 9.61. The summed E-state index contributed by atoms with van der Waals surface area (Å²) in [7, 11) is 0. The second-order valence-electron chi connectivity index (χ2n) is 5.70. The molecule has 2 aliphatic carbocycles. The summed E-state index contributed by atoms with van der Waals surface area (Å²) in [5.74, 6) is 0.394. The van der Waals surface area contributed by atoms with Gasteiger partial charge in [0.25, 0.3) is 0 Å². The van der Waals surface area contributed by atoms with E-state index in [0.29, 0.717) is 11.8 Å². The molecule has 2 heteroatoms. The molecule has 1 unspecified atom stereocenters. The van der Waals surface area contributed by atoms with Crippen LogP contribution in [0.25, 0.3) is 0 Å². The maximum atomic E-state index is 9.61. The number of hydrogen-bond acceptors (Lipinski definition) is 2. The molecule has 0 amide bonds. The average molecular weight is 231 g/mol. The first-order valence-electron chi connectivity index (χ1n) is 6.80. The van der Waals surface area contributed by atoms with Crippen LogP contribution in [-0.4, -0.2) is 11.1 Å². The molecule has 1 aromatic rings. The quantitative estimate of drug-likeness (QED) is 0.721. The highest BCUT2D eigenvalue weighted by atomic mass is 16.3. The van der Waals surface area contributed by atoms with Crippen molar-refractivity contribution in [2.45, 2.75) is 56.4 Å². The van der Waals surface area contributed by atoms with Crippen molar-refractivity contribution in [1.82, 2.24) is 0 Å². The summed E-state index contributed by atoms with van der Waals surface area (Å²) in [6.45, 7) is 0. The molecule has 0 radical (unpaired) electrons. The number of phenols is 1. The van der Waals surface area contributed by atoms with Crippen LogP contribution in [0.5, 0.6) is 5.75 Å². The van der Waals surface area contributed by atoms with E-state index < -0.39 is 0 Å². The van der Waals surface area contributed by atoms with E-state index in [0.717, 1.165) is 12.8 Å². The van der Waals surface area contributed by atoms with Crippen molar-refractivity contribution in [3.63, 3.8) is 0 Å². The molecule has 92 valence electrons. The third-order valence-electron chi connectivity index (χ3n) is 4.81. The molecule has 0 saturated heterocycles. The summed E-state index contributed by atoms with van der Waals surface area (Å²) in [6, 6.07) is 6.19. The molecule has 1 spiro atoms. The molecule has 1 saturated carbocycles. The Labute approximate surface area is 103 Å². The van der Waals surface area contributed by atoms with Gasteiger partial charge in [0.2, 0.25) is 0 Å². The number of nitrogens with two attached hydrogens (primary N) is 1. The van der Waals surface area contributed by atoms with Crippen LogP contribution in [0.3, 0.4) is 0 Å². The minimum absolute atomic E-state index is 0.208. The highest BCUT2D eigenvalue weighted by Gasteiger charge is 2.42. The van der Waals surface area contributed by atoms with Gasteiger partial charge in [-0.05, 0) is 48.9 Å². The highest BCUT2D eigenvalue weighted by Crippen LogP contribution is 2.47. The zero-order valence-corrected chi connectivity index (χ0v) is 10.3. The topological polar surface area (TPSA) is 46.2 Å². The third-order valence-corrected chi connectivity index (χ3v) is 4.81. The Bertz CT molecular complexity index is 421. The van der Waals surface area contributed by atoms with E-state index in [2.05, 4.69) is 6.07 Å². The van der Waals surface area contributed by atoms with Crippen LogP contribution in [0.1, 0.15) is 49.7 Å². The summed E-state index contributed by atoms with van der Waals surface area (Å²) in [4.78, 5) is 0. The van der Waals surface area contributed by atoms with Crippen molar-refractivity contribution in [1.29, 1.82) is 0 Å². The maximum Gasteiger partial charge on any atom is 0.115 e. The molecule has 1 atom stereocenters. The van der Waals surface area contributed by atoms with Gasteiger partial charge in [-0.15, -0.1) is 0 Å². The number of hydrogen-bond donors (Lipinski definition) is 2. The molecule has 0 aliphatic heterocycles. The van der Waals surface area contributed by atoms with Crippen LogP contribution in [0.2, 0.25) is 0 Å². The minimum atomic E-state index is 0.208. The van der Waals surface area contributed by atoms with Crippen molar-refractivity contribution in [2.24, 2.45) is 5.73 Å². The molecular formula is C15H21NO. The molecule has 1 aromatic carbocycles. The van der Waals surface area contributed by atoms with E-state index in [9.17, 15) is 5.11 Å². The molecule has 1 fully saturated rings. The number of rotatable bonds is 0. The molecule has 17 heavy (non-hydrogen) atoms. The summed E-state index contributed by atoms with van der Waals surface area (Å²) in [6.07, 6.45) is 8.49. The predicted molar refractivity (Wildman–Crippen MR) is 69.2 cm³/mol. The Morgan fingerprint density at radius 1 is 1.18 bits per heavy atom. The van der Waals surface area contributed by atoms with Crippen LogP contribution in [0.15, 0.2) is 18.2 Å². The van der Waals surface area contributed by atoms with Crippen LogP contribution in [0.4, 0.5) is 0 Å². The fraction of sp³-hybridized carbons (Fsp3) is 0.600. The van der Waals surface area contributed by atoms with Gasteiger partial charge in [0, 0.05) is 11.5 Å². The van der Waals surface area contributed by atoms with Crippen LogP contribution in [0, 0.1) is 0 Å². The lowest BCUT2D eigenvalue weighted by Gasteiger charge is -2.46. The lowest BCUT2D eigenvalue weighted by atomic mass is 9.60. The molecule has 0 bridgehead atoms. The van der Waals surface area contributed by atoms with Crippen molar-refractivity contribution in [3.8, 4) is 5.75 Å². The highest BCUT2D eigenvalue weighted by molar-refractivity contribution is 5.43. The van der Waals surface area contributed by atoms with Gasteiger partial charge in [0.15, 0.2) is 0 Å². The van der Waals surface area contributed by atoms with Crippen molar-refractivity contribution >= 4 is 0 Å². The van der Waals surface area contributed by atoms with Gasteiger partial charge in [-0.2, -0.15) is 0 Å². The number of benzene rings is 1. The Morgan fingerprint density at radius 3 is 2.71 bits per heavy atom. The molecular weight excluding hydrogens is 210 g/mol. The van der Waals surface area contributed by atoms with Crippen molar-refractivity contribution in [3.05, 3.63) is 29.3 Å². The standard InChI is InChI=1S/C15H21NO/c16-14-7-4-11-10-12(17)5-6-13(11)15(14)8-2-1-3-9-15/h5-6,10,14,17H,1-4,7-9,16H2. The summed E-state index contributed by atoms with van der Waals surface area (Å²) in [5, 5.41) is 9.61. The summed E-state index contributed by atoms with van der Waals surface area (Å²) >= 11 is 0. The molecule has 0 aromatic heterocycles. The molecule has 3 rings (SSSR count). The molecule has 0 heterocycles. The van der Waals surface area contributed by atoms with Crippen LogP contribution < -0.4 is 5.73 Å². The van der Waals surface area contributed by atoms with E-state index in [1.165, 1.54) is 43.2 Å². The lowest BCUT2D eigenvalue weighted by Crippen LogP contribution is -2.49. The fourth-order valence-electron chi connectivity index (χ4n) is 3.88. The number of phenolic OH excluding ortho intramolecular Hbond substituents is 1.